The van der Waals surface area contributed by atoms with E-state index in [1.54, 1.807) is 5.38 Å². The van der Waals surface area contributed by atoms with Crippen LogP contribution in [-0.2, 0) is 6.54 Å². The van der Waals surface area contributed by atoms with E-state index in [1.807, 2.05) is 18.9 Å². The minimum absolute atomic E-state index is 0.0393. The van der Waals surface area contributed by atoms with Crippen molar-refractivity contribution in [2.45, 2.75) is 13.5 Å². The lowest BCUT2D eigenvalue weighted by Gasteiger charge is -2.15. The molecule has 0 spiro atoms. The normalized spacial score (nSPS) is 12.4. The lowest BCUT2D eigenvalue weighted by molar-refractivity contribution is 0.0696. The number of thiazole rings is 1. The predicted octanol–water partition coefficient (Wildman–Crippen LogP) is 1.43. The summed E-state index contributed by atoms with van der Waals surface area (Å²) in [5, 5.41) is 19.2. The van der Waals surface area contributed by atoms with Crippen LogP contribution < -0.4 is 0 Å². The zero-order valence-electron chi connectivity index (χ0n) is 9.17. The molecule has 0 saturated heterocycles. The van der Waals surface area contributed by atoms with Gasteiger partial charge in [-0.1, -0.05) is 0 Å². The molecule has 0 fully saturated rings. The molecule has 0 saturated carbocycles. The molecule has 1 heterocycles. The Labute approximate surface area is 98.0 Å². The maximum absolute atomic E-state index is 10.6. The third kappa shape index (κ3) is 3.61. The van der Waals surface area contributed by atoms with Crippen LogP contribution in [0.2, 0.25) is 0 Å². The van der Waals surface area contributed by atoms with Gasteiger partial charge in [-0.2, -0.15) is 5.26 Å². The molecule has 5 nitrogen and oxygen atoms in total. The van der Waals surface area contributed by atoms with Crippen LogP contribution in [0.5, 0.6) is 0 Å². The van der Waals surface area contributed by atoms with E-state index in [9.17, 15) is 4.79 Å². The second kappa shape index (κ2) is 5.58. The Kier molecular flexibility index (Phi) is 4.40. The molecule has 0 bridgehead atoms. The molecule has 0 amide bonds. The number of nitrogens with zero attached hydrogens (tertiary/aromatic N) is 3. The molecule has 0 radical (unpaired) electrons. The van der Waals surface area contributed by atoms with E-state index in [4.69, 9.17) is 10.4 Å². The number of rotatable bonds is 5. The second-order valence-corrected chi connectivity index (χ2v) is 4.53. The number of carbonyl (C=O) groups is 1. The van der Waals surface area contributed by atoms with Crippen molar-refractivity contribution in [1.82, 2.24) is 9.88 Å². The van der Waals surface area contributed by atoms with Gasteiger partial charge in [0, 0.05) is 18.5 Å². The van der Waals surface area contributed by atoms with Crippen LogP contribution >= 0.6 is 11.3 Å². The van der Waals surface area contributed by atoms with Crippen LogP contribution in [0.15, 0.2) is 5.38 Å². The Balaban J connectivity index is 2.53. The van der Waals surface area contributed by atoms with Crippen molar-refractivity contribution in [3.63, 3.8) is 0 Å². The monoisotopic (exact) mass is 239 g/mol. The highest BCUT2D eigenvalue weighted by molar-refractivity contribution is 7.11. The van der Waals surface area contributed by atoms with Gasteiger partial charge in [0.2, 0.25) is 5.01 Å². The van der Waals surface area contributed by atoms with E-state index in [0.29, 0.717) is 13.1 Å². The summed E-state index contributed by atoms with van der Waals surface area (Å²) in [7, 11) is 1.88. The molecule has 1 aromatic heterocycles. The van der Waals surface area contributed by atoms with Crippen LogP contribution in [0.25, 0.3) is 0 Å². The highest BCUT2D eigenvalue weighted by Crippen LogP contribution is 2.11. The van der Waals surface area contributed by atoms with Crippen molar-refractivity contribution < 1.29 is 9.90 Å². The molecule has 0 aliphatic carbocycles. The average molecular weight is 239 g/mol. The first-order chi connectivity index (χ1) is 7.52. The van der Waals surface area contributed by atoms with E-state index < -0.39 is 5.97 Å². The SMILES string of the molecule is CC(C#N)CN(C)Cc1csc(C(=O)O)n1. The summed E-state index contributed by atoms with van der Waals surface area (Å²) in [6.45, 7) is 3.06. The van der Waals surface area contributed by atoms with E-state index in [1.165, 1.54) is 0 Å². The first kappa shape index (κ1) is 12.6. The fourth-order valence-electron chi connectivity index (χ4n) is 1.33. The summed E-state index contributed by atoms with van der Waals surface area (Å²) in [6.07, 6.45) is 0. The Morgan fingerprint density at radius 1 is 1.81 bits per heavy atom. The highest BCUT2D eigenvalue weighted by Gasteiger charge is 2.11. The summed E-state index contributed by atoms with van der Waals surface area (Å²) >= 11 is 1.12. The number of carboxylic acid groups (broad SMARTS) is 1. The van der Waals surface area contributed by atoms with Gasteiger partial charge in [-0.05, 0) is 14.0 Å². The standard InChI is InChI=1S/C10H13N3O2S/c1-7(3-11)4-13(2)5-8-6-16-9(12-8)10(14)15/h6-7H,4-5H2,1-2H3,(H,14,15). The van der Waals surface area contributed by atoms with Crippen molar-refractivity contribution in [3.05, 3.63) is 16.1 Å². The molecular weight excluding hydrogens is 226 g/mol. The first-order valence-corrected chi connectivity index (χ1v) is 5.66. The van der Waals surface area contributed by atoms with Gasteiger partial charge in [0.1, 0.15) is 0 Å². The summed E-state index contributed by atoms with van der Waals surface area (Å²) in [4.78, 5) is 16.5. The minimum atomic E-state index is -0.996. The summed E-state index contributed by atoms with van der Waals surface area (Å²) in [5.41, 5.74) is 0.732. The number of aromatic nitrogens is 1. The Bertz CT molecular complexity index is 410. The molecule has 1 rings (SSSR count). The topological polar surface area (TPSA) is 77.2 Å². The summed E-state index contributed by atoms with van der Waals surface area (Å²) in [6, 6.07) is 2.15. The lowest BCUT2D eigenvalue weighted by Crippen LogP contribution is -2.23. The van der Waals surface area contributed by atoms with Crippen molar-refractivity contribution in [3.8, 4) is 6.07 Å². The molecule has 1 aromatic rings. The fourth-order valence-corrected chi connectivity index (χ4v) is 1.97. The quantitative estimate of drug-likeness (QED) is 0.841. The smallest absolute Gasteiger partial charge is 0.365 e. The number of nitriles is 1. The van der Waals surface area contributed by atoms with Crippen molar-refractivity contribution in [2.24, 2.45) is 5.92 Å². The Morgan fingerprint density at radius 3 is 3.00 bits per heavy atom. The molecule has 1 unspecified atom stereocenters. The van der Waals surface area contributed by atoms with Crippen molar-refractivity contribution >= 4 is 17.3 Å². The second-order valence-electron chi connectivity index (χ2n) is 3.68. The maximum Gasteiger partial charge on any atom is 0.365 e. The maximum atomic E-state index is 10.6. The van der Waals surface area contributed by atoms with Gasteiger partial charge >= 0.3 is 5.97 Å². The van der Waals surface area contributed by atoms with Crippen molar-refractivity contribution in [2.75, 3.05) is 13.6 Å². The highest BCUT2D eigenvalue weighted by atomic mass is 32.1. The first-order valence-electron chi connectivity index (χ1n) is 4.78. The fraction of sp³-hybridized carbons (Fsp3) is 0.500. The van der Waals surface area contributed by atoms with Crippen LogP contribution in [0, 0.1) is 17.2 Å². The molecule has 0 aromatic carbocycles. The van der Waals surface area contributed by atoms with Gasteiger partial charge in [-0.3, -0.25) is 4.90 Å². The van der Waals surface area contributed by atoms with Crippen LogP contribution in [0.4, 0.5) is 0 Å². The van der Waals surface area contributed by atoms with Crippen LogP contribution in [0.3, 0.4) is 0 Å². The molecule has 6 heteroatoms. The van der Waals surface area contributed by atoms with E-state index >= 15 is 0 Å². The molecular formula is C10H13N3O2S. The molecule has 0 aliphatic rings. The number of hydrogen-bond acceptors (Lipinski definition) is 5. The zero-order valence-corrected chi connectivity index (χ0v) is 9.99. The molecule has 1 atom stereocenters. The molecule has 86 valence electrons. The van der Waals surface area contributed by atoms with E-state index in [-0.39, 0.29) is 10.9 Å². The largest absolute Gasteiger partial charge is 0.476 e. The number of aromatic carboxylic acids is 1. The van der Waals surface area contributed by atoms with Gasteiger partial charge in [-0.15, -0.1) is 11.3 Å². The van der Waals surface area contributed by atoms with E-state index in [0.717, 1.165) is 17.0 Å². The van der Waals surface area contributed by atoms with Gasteiger partial charge < -0.3 is 5.11 Å². The Morgan fingerprint density at radius 2 is 2.50 bits per heavy atom. The molecule has 1 N–H and O–H groups in total. The molecule has 16 heavy (non-hydrogen) atoms. The Hall–Kier alpha value is -1.45. The average Bonchev–Trinajstić information content (AvgIpc) is 2.65. The van der Waals surface area contributed by atoms with Gasteiger partial charge in [0.05, 0.1) is 17.7 Å². The summed E-state index contributed by atoms with van der Waals surface area (Å²) in [5.74, 6) is -1.04. The number of carboxylic acids is 1. The van der Waals surface area contributed by atoms with Crippen LogP contribution in [0.1, 0.15) is 22.4 Å². The zero-order chi connectivity index (χ0) is 12.1. The third-order valence-corrected chi connectivity index (χ3v) is 2.85. The van der Waals surface area contributed by atoms with Crippen LogP contribution in [-0.4, -0.2) is 34.6 Å². The van der Waals surface area contributed by atoms with Gasteiger partial charge in [0.25, 0.3) is 0 Å². The van der Waals surface area contributed by atoms with Crippen molar-refractivity contribution in [1.29, 1.82) is 5.26 Å². The number of hydrogen-bond donors (Lipinski definition) is 1. The van der Waals surface area contributed by atoms with E-state index in [2.05, 4.69) is 11.1 Å². The summed E-state index contributed by atoms with van der Waals surface area (Å²) < 4.78 is 0. The molecule has 0 aliphatic heterocycles. The third-order valence-electron chi connectivity index (χ3n) is 1.97. The van der Waals surface area contributed by atoms with Gasteiger partial charge in [0.15, 0.2) is 0 Å². The van der Waals surface area contributed by atoms with Gasteiger partial charge in [-0.25, -0.2) is 9.78 Å². The minimum Gasteiger partial charge on any atom is -0.476 e. The predicted molar refractivity (Wildman–Crippen MR) is 60.2 cm³/mol. The lowest BCUT2D eigenvalue weighted by atomic mass is 10.2.